The van der Waals surface area contributed by atoms with Gasteiger partial charge in [-0.05, 0) is 27.9 Å². The van der Waals surface area contributed by atoms with Gasteiger partial charge in [-0.15, -0.1) is 0 Å². The fourth-order valence-electron chi connectivity index (χ4n) is 3.92. The molecule has 0 fully saturated rings. The summed E-state index contributed by atoms with van der Waals surface area (Å²) in [5, 5.41) is 12.5. The zero-order valence-corrected chi connectivity index (χ0v) is 16.9. The van der Waals surface area contributed by atoms with Crippen LogP contribution in [-0.4, -0.2) is 24.3 Å². The molecule has 2 aromatic rings. The van der Waals surface area contributed by atoms with E-state index in [1.165, 1.54) is 0 Å². The first-order chi connectivity index (χ1) is 12.4. The Morgan fingerprint density at radius 3 is 1.96 bits per heavy atom. The Morgan fingerprint density at radius 2 is 1.46 bits per heavy atom. The van der Waals surface area contributed by atoms with Gasteiger partial charge in [0, 0.05) is 11.0 Å². The van der Waals surface area contributed by atoms with Crippen LogP contribution in [0.15, 0.2) is 83.9 Å². The molecule has 0 bridgehead atoms. The van der Waals surface area contributed by atoms with Crippen molar-refractivity contribution >= 4 is 30.3 Å². The minimum Gasteiger partial charge on any atom is -0.424 e. The molecule has 4 heteroatoms. The van der Waals surface area contributed by atoms with Crippen molar-refractivity contribution in [3.8, 4) is 0 Å². The van der Waals surface area contributed by atoms with Crippen molar-refractivity contribution in [3.05, 3.63) is 83.9 Å². The number of hydrogen-bond donors (Lipinski definition) is 2. The van der Waals surface area contributed by atoms with Gasteiger partial charge in [-0.1, -0.05) is 98.3 Å². The number of benzene rings is 2. The fraction of sp³-hybridized carbons (Fsp3) is 0.273. The Kier molecular flexibility index (Phi) is 5.54. The first-order valence-electron chi connectivity index (χ1n) is 8.91. The van der Waals surface area contributed by atoms with Gasteiger partial charge < -0.3 is 9.90 Å². The van der Waals surface area contributed by atoms with E-state index in [2.05, 4.69) is 13.8 Å². The summed E-state index contributed by atoms with van der Waals surface area (Å²) in [5.41, 5.74) is 0. The summed E-state index contributed by atoms with van der Waals surface area (Å²) in [7, 11) is -3.07. The monoisotopic (exact) mass is 384 g/mol. The van der Waals surface area contributed by atoms with Crippen LogP contribution in [0, 0.1) is 5.92 Å². The molecule has 0 amide bonds. The van der Waals surface area contributed by atoms with E-state index >= 15 is 0 Å². The number of aliphatic hydroxyl groups excluding tert-OH is 1. The molecule has 26 heavy (non-hydrogen) atoms. The summed E-state index contributed by atoms with van der Waals surface area (Å²) in [5.74, 6) is -0.117. The number of halogens is 1. The second-order valence-electron chi connectivity index (χ2n) is 7.58. The molecule has 0 spiro atoms. The van der Waals surface area contributed by atoms with Crippen LogP contribution in [-0.2, 0) is 0 Å². The molecule has 2 aromatic carbocycles. The summed E-state index contributed by atoms with van der Waals surface area (Å²) in [6.07, 6.45) is 5.53. The Labute approximate surface area is 161 Å². The normalized spacial score (nSPS) is 20.7. The zero-order chi connectivity index (χ0) is 18.8. The van der Waals surface area contributed by atoms with Gasteiger partial charge in [0.05, 0.1) is 6.10 Å². The predicted molar refractivity (Wildman–Crippen MR) is 111 cm³/mol. The first-order valence-corrected chi connectivity index (χ1v) is 11.2. The second-order valence-corrected chi connectivity index (χ2v) is 11.9. The van der Waals surface area contributed by atoms with Crippen molar-refractivity contribution in [1.82, 2.24) is 0 Å². The van der Waals surface area contributed by atoms with E-state index < -0.39 is 19.5 Å². The third-order valence-corrected chi connectivity index (χ3v) is 10.3. The van der Waals surface area contributed by atoms with E-state index in [0.717, 1.165) is 10.4 Å². The number of aliphatic hydroxyl groups is 1. The molecule has 2 N–H and O–H groups in total. The van der Waals surface area contributed by atoms with Crippen molar-refractivity contribution in [2.75, 3.05) is 0 Å². The third kappa shape index (κ3) is 3.45. The molecule has 0 heterocycles. The number of hydrogen-bond acceptors (Lipinski definition) is 2. The van der Waals surface area contributed by atoms with Crippen LogP contribution >= 0.6 is 11.6 Å². The minimum atomic E-state index is -3.07. The molecule has 3 rings (SSSR count). The van der Waals surface area contributed by atoms with Gasteiger partial charge in [0.25, 0.3) is 8.32 Å². The number of rotatable bonds is 5. The standard InChI is InChI=1S/C22H25ClO2Si/c1-22(2,16-17-10-9-15-20(23)21(17)24)26(25,18-11-5-3-6-12-18)19-13-7-4-8-14-19/h3-15,17,21,24-25H,16H2,1-2H3/t17-,21+/m1/s1. The average Bonchev–Trinajstić information content (AvgIpc) is 2.66. The maximum absolute atomic E-state index is 12.2. The molecule has 136 valence electrons. The third-order valence-electron chi connectivity index (χ3n) is 5.41. The van der Waals surface area contributed by atoms with E-state index in [0.29, 0.717) is 11.5 Å². The smallest absolute Gasteiger partial charge is 0.258 e. The molecule has 1 aliphatic rings. The lowest BCUT2D eigenvalue weighted by atomic mass is 9.88. The Morgan fingerprint density at radius 1 is 0.962 bits per heavy atom. The van der Waals surface area contributed by atoms with Crippen LogP contribution in [0.5, 0.6) is 0 Å². The largest absolute Gasteiger partial charge is 0.424 e. The fourth-order valence-corrected chi connectivity index (χ4v) is 7.93. The van der Waals surface area contributed by atoms with Crippen LogP contribution < -0.4 is 10.4 Å². The van der Waals surface area contributed by atoms with Crippen molar-refractivity contribution in [2.45, 2.75) is 31.4 Å². The van der Waals surface area contributed by atoms with Gasteiger partial charge in [-0.25, -0.2) is 0 Å². The number of allylic oxidation sites excluding steroid dienone is 2. The lowest BCUT2D eigenvalue weighted by molar-refractivity contribution is 0.156. The predicted octanol–water partition coefficient (Wildman–Crippen LogP) is 3.58. The molecular formula is C22H25ClO2Si. The molecule has 1 aliphatic carbocycles. The van der Waals surface area contributed by atoms with Crippen molar-refractivity contribution < 1.29 is 9.90 Å². The van der Waals surface area contributed by atoms with Gasteiger partial charge in [0.2, 0.25) is 0 Å². The van der Waals surface area contributed by atoms with Gasteiger partial charge in [0.1, 0.15) is 0 Å². The highest BCUT2D eigenvalue weighted by molar-refractivity contribution is 6.98. The van der Waals surface area contributed by atoms with Crippen molar-refractivity contribution in [1.29, 1.82) is 0 Å². The van der Waals surface area contributed by atoms with Crippen molar-refractivity contribution in [3.63, 3.8) is 0 Å². The van der Waals surface area contributed by atoms with Crippen LogP contribution in [0.1, 0.15) is 20.3 Å². The topological polar surface area (TPSA) is 40.5 Å². The molecule has 0 saturated heterocycles. The lowest BCUT2D eigenvalue weighted by Gasteiger charge is -2.43. The van der Waals surface area contributed by atoms with E-state index in [-0.39, 0.29) is 5.92 Å². The molecular weight excluding hydrogens is 360 g/mol. The molecule has 0 aliphatic heterocycles. The van der Waals surface area contributed by atoms with Crippen LogP contribution in [0.2, 0.25) is 5.04 Å². The van der Waals surface area contributed by atoms with Crippen LogP contribution in [0.3, 0.4) is 0 Å². The van der Waals surface area contributed by atoms with Crippen LogP contribution in [0.25, 0.3) is 0 Å². The first kappa shape index (κ1) is 19.1. The maximum Gasteiger partial charge on any atom is 0.258 e. The Hall–Kier alpha value is -1.65. The molecule has 0 radical (unpaired) electrons. The minimum absolute atomic E-state index is 0.117. The van der Waals surface area contributed by atoms with Gasteiger partial charge >= 0.3 is 0 Å². The molecule has 0 aromatic heterocycles. The van der Waals surface area contributed by atoms with E-state index in [1.54, 1.807) is 6.08 Å². The second kappa shape index (κ2) is 7.53. The molecule has 2 nitrogen and oxygen atoms in total. The summed E-state index contributed by atoms with van der Waals surface area (Å²) < 4.78 is 0. The Bertz CT molecular complexity index is 760. The molecule has 2 atom stereocenters. The average molecular weight is 385 g/mol. The summed E-state index contributed by atoms with van der Waals surface area (Å²) >= 11 is 6.15. The van der Waals surface area contributed by atoms with Crippen molar-refractivity contribution in [2.24, 2.45) is 5.92 Å². The van der Waals surface area contributed by atoms with E-state index in [4.69, 9.17) is 11.6 Å². The van der Waals surface area contributed by atoms with Gasteiger partial charge in [-0.2, -0.15) is 0 Å². The van der Waals surface area contributed by atoms with Crippen LogP contribution in [0.4, 0.5) is 0 Å². The Balaban J connectivity index is 2.04. The van der Waals surface area contributed by atoms with Gasteiger partial charge in [-0.3, -0.25) is 0 Å². The highest BCUT2D eigenvalue weighted by Gasteiger charge is 2.51. The summed E-state index contributed by atoms with van der Waals surface area (Å²) in [4.78, 5) is 12.2. The molecule has 0 saturated carbocycles. The highest BCUT2D eigenvalue weighted by atomic mass is 35.5. The highest BCUT2D eigenvalue weighted by Crippen LogP contribution is 2.44. The quantitative estimate of drug-likeness (QED) is 0.773. The summed E-state index contributed by atoms with van der Waals surface area (Å²) in [6, 6.07) is 19.9. The summed E-state index contributed by atoms with van der Waals surface area (Å²) in [6.45, 7) is 4.21. The molecule has 0 unspecified atom stereocenters. The maximum atomic E-state index is 12.2. The SMILES string of the molecule is CC(C)(C[C@H]1C=CC=C(Cl)[C@H]1O)[Si](O)(c1ccccc1)c1ccccc1. The van der Waals surface area contributed by atoms with E-state index in [9.17, 15) is 9.90 Å². The van der Waals surface area contributed by atoms with E-state index in [1.807, 2.05) is 72.8 Å². The zero-order valence-electron chi connectivity index (χ0n) is 15.1. The van der Waals surface area contributed by atoms with Gasteiger partial charge in [0.15, 0.2) is 0 Å². The lowest BCUT2D eigenvalue weighted by Crippen LogP contribution is -2.65.